The molecule has 2 nitrogen and oxygen atoms in total. The molecule has 0 amide bonds. The number of hydrogen-bond donors (Lipinski definition) is 1. The van der Waals surface area contributed by atoms with Gasteiger partial charge in [-0.05, 0) is 25.9 Å². The predicted octanol–water partition coefficient (Wildman–Crippen LogP) is 3.06. The first-order valence-corrected chi connectivity index (χ1v) is 13.4. The summed E-state index contributed by atoms with van der Waals surface area (Å²) in [6.07, 6.45) is 4.00. The summed E-state index contributed by atoms with van der Waals surface area (Å²) in [5.74, 6) is 0. The van der Waals surface area contributed by atoms with Gasteiger partial charge < -0.3 is 10.2 Å². The Balaban J connectivity index is 2.99. The smallest absolute Gasteiger partial charge is 0.175 e. The molecule has 0 aromatic carbocycles. The fourth-order valence-corrected chi connectivity index (χ4v) is 9.14. The lowest BCUT2D eigenvalue weighted by Crippen LogP contribution is -2.68. The summed E-state index contributed by atoms with van der Waals surface area (Å²) in [5, 5.41) is 0. The van der Waals surface area contributed by atoms with Crippen LogP contribution in [0.25, 0.3) is 0 Å². The van der Waals surface area contributed by atoms with E-state index >= 15 is 0 Å². The highest BCUT2D eigenvalue weighted by molar-refractivity contribution is 7.38. The second kappa shape index (κ2) is 4.40. The van der Waals surface area contributed by atoms with Crippen molar-refractivity contribution in [2.75, 3.05) is 0 Å². The van der Waals surface area contributed by atoms with Gasteiger partial charge in [0.2, 0.25) is 0 Å². The zero-order chi connectivity index (χ0) is 12.6. The summed E-state index contributed by atoms with van der Waals surface area (Å²) < 4.78 is 6.54. The Labute approximate surface area is 102 Å². The highest BCUT2D eigenvalue weighted by atomic mass is 29.3. The summed E-state index contributed by atoms with van der Waals surface area (Å²) in [6, 6.07) is 1.42. The first-order valence-electron chi connectivity index (χ1n) is 6.30. The Morgan fingerprint density at radius 3 is 2.38 bits per heavy atom. The first-order chi connectivity index (χ1) is 7.21. The average Bonchev–Trinajstić information content (AvgIpc) is 2.21. The highest BCUT2D eigenvalue weighted by Crippen LogP contribution is 2.41. The maximum absolute atomic E-state index is 6.54. The van der Waals surface area contributed by atoms with Crippen molar-refractivity contribution >= 4 is 15.4 Å². The van der Waals surface area contributed by atoms with E-state index in [1.165, 1.54) is 6.04 Å². The third kappa shape index (κ3) is 2.21. The monoisotopic (exact) mass is 257 g/mol. The maximum atomic E-state index is 6.54. The number of hydrogen-bond acceptors (Lipinski definition) is 2. The fraction of sp³-hybridized carbons (Fsp3) is 0.833. The van der Waals surface area contributed by atoms with E-state index < -0.39 is 15.4 Å². The van der Waals surface area contributed by atoms with E-state index in [0.717, 1.165) is 12.8 Å². The van der Waals surface area contributed by atoms with Crippen LogP contribution in [0.3, 0.4) is 0 Å². The molecule has 0 aromatic heterocycles. The molecule has 2 unspecified atom stereocenters. The van der Waals surface area contributed by atoms with E-state index in [2.05, 4.69) is 39.7 Å². The number of rotatable bonds is 3. The van der Waals surface area contributed by atoms with Crippen molar-refractivity contribution in [1.82, 2.24) is 0 Å². The molecule has 1 saturated heterocycles. The topological polar surface area (TPSA) is 35.2 Å². The van der Waals surface area contributed by atoms with Crippen LogP contribution < -0.4 is 5.73 Å². The van der Waals surface area contributed by atoms with Crippen LogP contribution in [0.4, 0.5) is 0 Å². The Bertz CT molecular complexity index is 278. The van der Waals surface area contributed by atoms with Crippen LogP contribution in [-0.4, -0.2) is 27.1 Å². The molecule has 1 rings (SSSR count). The lowest BCUT2D eigenvalue weighted by molar-refractivity contribution is 0.0736. The summed E-state index contributed by atoms with van der Waals surface area (Å²) >= 11 is 0. The molecule has 0 bridgehead atoms. The lowest BCUT2D eigenvalue weighted by Gasteiger charge is -2.53. The zero-order valence-electron chi connectivity index (χ0n) is 11.5. The van der Waals surface area contributed by atoms with Gasteiger partial charge in [0.15, 0.2) is 7.83 Å². The molecule has 2 N–H and O–H groups in total. The van der Waals surface area contributed by atoms with Crippen LogP contribution in [-0.2, 0) is 4.43 Å². The van der Waals surface area contributed by atoms with Crippen molar-refractivity contribution in [2.24, 2.45) is 5.73 Å². The molecule has 1 aliphatic heterocycles. The first kappa shape index (κ1) is 14.2. The third-order valence-electron chi connectivity index (χ3n) is 4.63. The van der Waals surface area contributed by atoms with Crippen LogP contribution in [0.15, 0.2) is 12.7 Å². The van der Waals surface area contributed by atoms with Crippen molar-refractivity contribution in [3.8, 4) is 0 Å². The van der Waals surface area contributed by atoms with Gasteiger partial charge in [0.25, 0.3) is 0 Å². The molecule has 0 saturated carbocycles. The minimum absolute atomic E-state index is 0.0990. The molecule has 1 aliphatic rings. The average molecular weight is 258 g/mol. The van der Waals surface area contributed by atoms with Gasteiger partial charge in [0.1, 0.15) is 0 Å². The van der Waals surface area contributed by atoms with Crippen molar-refractivity contribution < 1.29 is 4.43 Å². The molecule has 94 valence electrons. The molecule has 2 atom stereocenters. The van der Waals surface area contributed by atoms with Gasteiger partial charge in [-0.3, -0.25) is 0 Å². The molecule has 0 radical (unpaired) electrons. The van der Waals surface area contributed by atoms with Gasteiger partial charge in [-0.25, -0.2) is 0 Å². The molecule has 4 heteroatoms. The van der Waals surface area contributed by atoms with E-state index in [4.69, 9.17) is 10.2 Å². The van der Waals surface area contributed by atoms with E-state index in [-0.39, 0.29) is 11.6 Å². The minimum atomic E-state index is -1.57. The summed E-state index contributed by atoms with van der Waals surface area (Å²) in [7, 11) is -2.73. The lowest BCUT2D eigenvalue weighted by atomic mass is 9.90. The van der Waals surface area contributed by atoms with Gasteiger partial charge in [-0.1, -0.05) is 32.1 Å². The largest absolute Gasteiger partial charge is 0.410 e. The van der Waals surface area contributed by atoms with Crippen LogP contribution >= 0.6 is 0 Å². The van der Waals surface area contributed by atoms with E-state index in [1.807, 2.05) is 6.08 Å². The second-order valence-electron chi connectivity index (χ2n) is 6.17. The molecule has 1 heterocycles. The van der Waals surface area contributed by atoms with Gasteiger partial charge in [0, 0.05) is 6.04 Å². The summed E-state index contributed by atoms with van der Waals surface area (Å²) in [4.78, 5) is 0. The van der Waals surface area contributed by atoms with Crippen molar-refractivity contribution in [2.45, 2.75) is 63.6 Å². The summed E-state index contributed by atoms with van der Waals surface area (Å²) in [6.45, 7) is 15.7. The Morgan fingerprint density at radius 1 is 1.44 bits per heavy atom. The van der Waals surface area contributed by atoms with Crippen molar-refractivity contribution in [1.29, 1.82) is 0 Å². The van der Waals surface area contributed by atoms with E-state index in [1.54, 1.807) is 0 Å². The van der Waals surface area contributed by atoms with Crippen LogP contribution in [0, 0.1) is 0 Å². The van der Waals surface area contributed by atoms with Crippen LogP contribution in [0.1, 0.15) is 19.8 Å². The normalized spacial score (nSPS) is 34.4. The van der Waals surface area contributed by atoms with Crippen molar-refractivity contribution in [3.05, 3.63) is 12.7 Å². The number of nitrogens with two attached hydrogens (primary N) is 1. The quantitative estimate of drug-likeness (QED) is 0.623. The highest BCUT2D eigenvalue weighted by Gasteiger charge is 2.53. The Kier molecular flexibility index (Phi) is 3.90. The minimum Gasteiger partial charge on any atom is -0.410 e. The molecule has 0 spiro atoms. The second-order valence-corrected chi connectivity index (χ2v) is 21.3. The van der Waals surface area contributed by atoms with Gasteiger partial charge in [-0.2, -0.15) is 0 Å². The molecule has 16 heavy (non-hydrogen) atoms. The third-order valence-corrected chi connectivity index (χ3v) is 21.1. The molecular formula is C12H27NOSi2. The Hall–Kier alpha value is 0.0938. The summed E-state index contributed by atoms with van der Waals surface area (Å²) in [5.41, 5.74) is 6.00. The van der Waals surface area contributed by atoms with E-state index in [9.17, 15) is 0 Å². The maximum Gasteiger partial charge on any atom is 0.175 e. The van der Waals surface area contributed by atoms with Gasteiger partial charge >= 0.3 is 0 Å². The van der Waals surface area contributed by atoms with Gasteiger partial charge in [-0.15, -0.1) is 6.58 Å². The molecule has 0 aliphatic carbocycles. The zero-order valence-corrected chi connectivity index (χ0v) is 13.5. The Morgan fingerprint density at radius 2 is 2.00 bits per heavy atom. The fourth-order valence-electron chi connectivity index (χ4n) is 2.37. The van der Waals surface area contributed by atoms with Crippen LogP contribution in [0.2, 0.25) is 32.2 Å². The SMILES string of the molecule is C=CC1(C(N)CC)CC[Si](C)(C)[Si](C)(C)O1. The van der Waals surface area contributed by atoms with Gasteiger partial charge in [0.05, 0.1) is 13.2 Å². The van der Waals surface area contributed by atoms with Crippen molar-refractivity contribution in [3.63, 3.8) is 0 Å². The van der Waals surface area contributed by atoms with Crippen LogP contribution in [0.5, 0.6) is 0 Å². The van der Waals surface area contributed by atoms with E-state index in [0.29, 0.717) is 0 Å². The predicted molar refractivity (Wildman–Crippen MR) is 76.7 cm³/mol. The standard InChI is InChI=1S/C12H27NOSi2/c1-7-11(13)12(8-2)9-10-15(3,4)16(5,6)14-12/h8,11H,2,7,9-10,13H2,1,3-6H3. The molecule has 1 fully saturated rings. The molecule has 0 aromatic rings. The molecular weight excluding hydrogens is 230 g/mol.